The number of carbonyl (C=O) groups excluding carboxylic acids is 2. The van der Waals surface area contributed by atoms with Gasteiger partial charge in [0.25, 0.3) is 5.91 Å². The van der Waals surface area contributed by atoms with Gasteiger partial charge in [0.1, 0.15) is 0 Å². The van der Waals surface area contributed by atoms with E-state index in [0.717, 1.165) is 5.56 Å². The lowest BCUT2D eigenvalue weighted by Crippen LogP contribution is -2.29. The van der Waals surface area contributed by atoms with Gasteiger partial charge in [0, 0.05) is 12.1 Å². The first-order valence-corrected chi connectivity index (χ1v) is 11.3. The summed E-state index contributed by atoms with van der Waals surface area (Å²) < 4.78 is 1.86. The van der Waals surface area contributed by atoms with Gasteiger partial charge in [-0.3, -0.25) is 9.59 Å². The summed E-state index contributed by atoms with van der Waals surface area (Å²) in [5.74, 6) is 0.535. The van der Waals surface area contributed by atoms with Crippen molar-refractivity contribution in [3.05, 3.63) is 90.3 Å². The largest absolute Gasteiger partial charge is 0.349 e. The molecule has 8 heteroatoms. The molecule has 1 heterocycles. The quantitative estimate of drug-likeness (QED) is 0.362. The van der Waals surface area contributed by atoms with Gasteiger partial charge in [-0.15, -0.1) is 16.8 Å². The van der Waals surface area contributed by atoms with Crippen LogP contribution in [0, 0.1) is 0 Å². The monoisotopic (exact) mass is 449 g/mol. The van der Waals surface area contributed by atoms with E-state index >= 15 is 0 Å². The zero-order valence-electron chi connectivity index (χ0n) is 18.2. The van der Waals surface area contributed by atoms with E-state index < -0.39 is 0 Å². The first-order chi connectivity index (χ1) is 15.5. The predicted octanol–water partition coefficient (Wildman–Crippen LogP) is 3.92. The van der Waals surface area contributed by atoms with Crippen LogP contribution in [0.1, 0.15) is 47.7 Å². The van der Waals surface area contributed by atoms with Crippen molar-refractivity contribution in [2.24, 2.45) is 0 Å². The molecule has 0 fully saturated rings. The summed E-state index contributed by atoms with van der Waals surface area (Å²) in [6, 6.07) is 18.4. The van der Waals surface area contributed by atoms with E-state index in [4.69, 9.17) is 0 Å². The molecule has 0 saturated heterocycles. The smallest absolute Gasteiger partial charge is 0.251 e. The highest BCUT2D eigenvalue weighted by Gasteiger charge is 2.20. The number of nitrogens with zero attached hydrogens (tertiary/aromatic N) is 3. The van der Waals surface area contributed by atoms with Crippen LogP contribution in [0.25, 0.3) is 0 Å². The number of thioether (sulfide) groups is 1. The SMILES string of the molecule is C=CCn1c(SCC(=O)N[C@H](C)c2ccccc2)nnc1[C@@H](C)NC(=O)c1ccccc1. The third-order valence-electron chi connectivity index (χ3n) is 4.84. The number of amides is 2. The number of nitrogens with one attached hydrogen (secondary N) is 2. The van der Waals surface area contributed by atoms with Crippen molar-refractivity contribution in [3.8, 4) is 0 Å². The van der Waals surface area contributed by atoms with E-state index in [0.29, 0.717) is 23.1 Å². The van der Waals surface area contributed by atoms with Crippen LogP contribution in [0.4, 0.5) is 0 Å². The summed E-state index contributed by atoms with van der Waals surface area (Å²) >= 11 is 1.30. The first-order valence-electron chi connectivity index (χ1n) is 10.4. The standard InChI is InChI=1S/C24H27N5O2S/c1-4-15-29-22(18(3)26-23(31)20-13-9-6-10-14-20)27-28-24(29)32-16-21(30)25-17(2)19-11-7-5-8-12-19/h4-14,17-18H,1,15-16H2,2-3H3,(H,25,30)(H,26,31)/t17-,18-/m1/s1. The molecule has 0 radical (unpaired) electrons. The molecular weight excluding hydrogens is 422 g/mol. The maximum atomic E-state index is 12.5. The topological polar surface area (TPSA) is 88.9 Å². The lowest BCUT2D eigenvalue weighted by molar-refractivity contribution is -0.119. The average molecular weight is 450 g/mol. The summed E-state index contributed by atoms with van der Waals surface area (Å²) in [5, 5.41) is 15.1. The van der Waals surface area contributed by atoms with E-state index in [2.05, 4.69) is 27.4 Å². The molecule has 2 aromatic carbocycles. The highest BCUT2D eigenvalue weighted by Crippen LogP contribution is 2.21. The van der Waals surface area contributed by atoms with Gasteiger partial charge in [-0.05, 0) is 31.5 Å². The molecule has 0 aliphatic heterocycles. The van der Waals surface area contributed by atoms with Crippen LogP contribution >= 0.6 is 11.8 Å². The van der Waals surface area contributed by atoms with Gasteiger partial charge in [-0.1, -0.05) is 66.4 Å². The van der Waals surface area contributed by atoms with Gasteiger partial charge in [-0.2, -0.15) is 0 Å². The molecule has 3 rings (SSSR count). The molecule has 3 aromatic rings. The molecule has 2 N–H and O–H groups in total. The maximum absolute atomic E-state index is 12.5. The minimum absolute atomic E-state index is 0.0841. The zero-order valence-corrected chi connectivity index (χ0v) is 19.0. The fourth-order valence-electron chi connectivity index (χ4n) is 3.20. The molecule has 0 aliphatic rings. The molecule has 7 nitrogen and oxygen atoms in total. The van der Waals surface area contributed by atoms with Crippen LogP contribution in [-0.2, 0) is 11.3 Å². The van der Waals surface area contributed by atoms with Crippen molar-refractivity contribution >= 4 is 23.6 Å². The third kappa shape index (κ3) is 6.07. The Labute approximate surface area is 192 Å². The van der Waals surface area contributed by atoms with Crippen LogP contribution in [0.15, 0.2) is 78.5 Å². The van der Waals surface area contributed by atoms with E-state index in [1.807, 2.05) is 66.9 Å². The Morgan fingerprint density at radius 3 is 2.31 bits per heavy atom. The van der Waals surface area contributed by atoms with Gasteiger partial charge in [-0.25, -0.2) is 0 Å². The van der Waals surface area contributed by atoms with Crippen molar-refractivity contribution in [3.63, 3.8) is 0 Å². The molecular formula is C24H27N5O2S. The number of benzene rings is 2. The van der Waals surface area contributed by atoms with Crippen LogP contribution < -0.4 is 10.6 Å². The number of carbonyl (C=O) groups is 2. The van der Waals surface area contributed by atoms with Crippen LogP contribution in [0.3, 0.4) is 0 Å². The minimum Gasteiger partial charge on any atom is -0.349 e. The number of aromatic nitrogens is 3. The van der Waals surface area contributed by atoms with Gasteiger partial charge in [0.05, 0.1) is 17.8 Å². The molecule has 0 unspecified atom stereocenters. The Bertz CT molecular complexity index is 1050. The van der Waals surface area contributed by atoms with E-state index in [1.165, 1.54) is 11.8 Å². The summed E-state index contributed by atoms with van der Waals surface area (Å²) in [5.41, 5.74) is 1.62. The highest BCUT2D eigenvalue weighted by atomic mass is 32.2. The van der Waals surface area contributed by atoms with Crippen LogP contribution in [0.2, 0.25) is 0 Å². The van der Waals surface area contributed by atoms with Crippen molar-refractivity contribution in [1.29, 1.82) is 0 Å². The number of hydrogen-bond donors (Lipinski definition) is 2. The maximum Gasteiger partial charge on any atom is 0.251 e. The lowest BCUT2D eigenvalue weighted by Gasteiger charge is -2.16. The Morgan fingerprint density at radius 1 is 1.00 bits per heavy atom. The van der Waals surface area contributed by atoms with Crippen molar-refractivity contribution in [2.45, 2.75) is 37.6 Å². The summed E-state index contributed by atoms with van der Waals surface area (Å²) in [6.07, 6.45) is 1.74. The summed E-state index contributed by atoms with van der Waals surface area (Å²) in [6.45, 7) is 8.08. The van der Waals surface area contributed by atoms with Crippen molar-refractivity contribution in [1.82, 2.24) is 25.4 Å². The second-order valence-electron chi connectivity index (χ2n) is 7.29. The van der Waals surface area contributed by atoms with Gasteiger partial charge >= 0.3 is 0 Å². The molecule has 0 spiro atoms. The molecule has 2 atom stereocenters. The van der Waals surface area contributed by atoms with Crippen LogP contribution in [-0.4, -0.2) is 32.3 Å². The second kappa shape index (κ2) is 11.3. The first kappa shape index (κ1) is 23.3. The van der Waals surface area contributed by atoms with Gasteiger partial charge < -0.3 is 15.2 Å². The molecule has 2 amide bonds. The lowest BCUT2D eigenvalue weighted by atomic mass is 10.1. The Hall–Kier alpha value is -3.39. The number of hydrogen-bond acceptors (Lipinski definition) is 5. The van der Waals surface area contributed by atoms with Gasteiger partial charge in [0.15, 0.2) is 11.0 Å². The Morgan fingerprint density at radius 2 is 1.66 bits per heavy atom. The highest BCUT2D eigenvalue weighted by molar-refractivity contribution is 7.99. The second-order valence-corrected chi connectivity index (χ2v) is 8.23. The fourth-order valence-corrected chi connectivity index (χ4v) is 3.97. The fraction of sp³-hybridized carbons (Fsp3) is 0.250. The van der Waals surface area contributed by atoms with Crippen molar-refractivity contribution in [2.75, 3.05) is 5.75 Å². The Balaban J connectivity index is 1.63. The minimum atomic E-state index is -0.364. The van der Waals surface area contributed by atoms with Crippen molar-refractivity contribution < 1.29 is 9.59 Å². The average Bonchev–Trinajstić information content (AvgIpc) is 3.21. The zero-order chi connectivity index (χ0) is 22.9. The van der Waals surface area contributed by atoms with E-state index in [9.17, 15) is 9.59 Å². The summed E-state index contributed by atoms with van der Waals surface area (Å²) in [4.78, 5) is 24.9. The molecule has 1 aromatic heterocycles. The van der Waals surface area contributed by atoms with E-state index in [1.54, 1.807) is 18.2 Å². The number of allylic oxidation sites excluding steroid dienone is 1. The molecule has 32 heavy (non-hydrogen) atoms. The molecule has 0 aliphatic carbocycles. The van der Waals surface area contributed by atoms with E-state index in [-0.39, 0.29) is 29.7 Å². The van der Waals surface area contributed by atoms with Gasteiger partial charge in [0.2, 0.25) is 5.91 Å². The third-order valence-corrected chi connectivity index (χ3v) is 5.80. The van der Waals surface area contributed by atoms with Crippen LogP contribution in [0.5, 0.6) is 0 Å². The number of rotatable bonds is 10. The molecule has 0 bridgehead atoms. The Kier molecular flexibility index (Phi) is 8.21. The normalized spacial score (nSPS) is 12.6. The predicted molar refractivity (Wildman–Crippen MR) is 126 cm³/mol. The molecule has 0 saturated carbocycles. The molecule has 166 valence electrons. The summed E-state index contributed by atoms with van der Waals surface area (Å²) in [7, 11) is 0.